The summed E-state index contributed by atoms with van der Waals surface area (Å²) in [6, 6.07) is 10.2. The van der Waals surface area contributed by atoms with Crippen molar-refractivity contribution in [1.29, 1.82) is 0 Å². The Labute approximate surface area is 139 Å². The molecule has 0 bridgehead atoms. The molecule has 0 heterocycles. The third-order valence-corrected chi connectivity index (χ3v) is 4.42. The SMILES string of the molecule is CC(C)N(Cc1ccccc1)C(=O)CC(=O)NC1CCCCC1. The number of nitrogens with one attached hydrogen (secondary N) is 1. The van der Waals surface area contributed by atoms with Gasteiger partial charge in [0.25, 0.3) is 0 Å². The first-order valence-electron chi connectivity index (χ1n) is 8.69. The van der Waals surface area contributed by atoms with Crippen molar-refractivity contribution in [1.82, 2.24) is 10.2 Å². The lowest BCUT2D eigenvalue weighted by Crippen LogP contribution is -2.42. The minimum absolute atomic E-state index is 0.0541. The fourth-order valence-electron chi connectivity index (χ4n) is 3.10. The van der Waals surface area contributed by atoms with Crippen molar-refractivity contribution in [2.75, 3.05) is 0 Å². The zero-order valence-electron chi connectivity index (χ0n) is 14.3. The van der Waals surface area contributed by atoms with Gasteiger partial charge >= 0.3 is 0 Å². The van der Waals surface area contributed by atoms with Crippen LogP contribution in [-0.2, 0) is 16.1 Å². The zero-order valence-corrected chi connectivity index (χ0v) is 14.3. The largest absolute Gasteiger partial charge is 0.353 e. The summed E-state index contributed by atoms with van der Waals surface area (Å²) in [6.07, 6.45) is 5.62. The molecule has 2 rings (SSSR count). The van der Waals surface area contributed by atoms with Crippen molar-refractivity contribution in [2.45, 2.75) is 71.0 Å². The van der Waals surface area contributed by atoms with E-state index in [1.54, 1.807) is 4.90 Å². The summed E-state index contributed by atoms with van der Waals surface area (Å²) in [6.45, 7) is 4.52. The van der Waals surface area contributed by atoms with Gasteiger partial charge in [-0.05, 0) is 32.3 Å². The highest BCUT2D eigenvalue weighted by Gasteiger charge is 2.22. The molecule has 0 aromatic heterocycles. The first-order valence-corrected chi connectivity index (χ1v) is 8.69. The average Bonchev–Trinajstić information content (AvgIpc) is 2.54. The fourth-order valence-corrected chi connectivity index (χ4v) is 3.10. The van der Waals surface area contributed by atoms with Crippen LogP contribution in [0.5, 0.6) is 0 Å². The Morgan fingerprint density at radius 2 is 1.78 bits per heavy atom. The number of hydrogen-bond donors (Lipinski definition) is 1. The van der Waals surface area contributed by atoms with Gasteiger partial charge in [-0.3, -0.25) is 9.59 Å². The third-order valence-electron chi connectivity index (χ3n) is 4.42. The van der Waals surface area contributed by atoms with Crippen LogP contribution < -0.4 is 5.32 Å². The van der Waals surface area contributed by atoms with E-state index in [9.17, 15) is 9.59 Å². The van der Waals surface area contributed by atoms with E-state index in [0.29, 0.717) is 6.54 Å². The van der Waals surface area contributed by atoms with Gasteiger partial charge in [0.15, 0.2) is 0 Å². The standard InChI is InChI=1S/C19H28N2O2/c1-15(2)21(14-16-9-5-3-6-10-16)19(23)13-18(22)20-17-11-7-4-8-12-17/h3,5-6,9-10,15,17H,4,7-8,11-14H2,1-2H3,(H,20,22). The lowest BCUT2D eigenvalue weighted by Gasteiger charge is -2.28. The second kappa shape index (κ2) is 8.70. The maximum Gasteiger partial charge on any atom is 0.232 e. The van der Waals surface area contributed by atoms with Gasteiger partial charge in [-0.2, -0.15) is 0 Å². The van der Waals surface area contributed by atoms with Crippen LogP contribution in [0.15, 0.2) is 30.3 Å². The van der Waals surface area contributed by atoms with Crippen LogP contribution in [-0.4, -0.2) is 28.8 Å². The molecule has 0 atom stereocenters. The molecular formula is C19H28N2O2. The molecule has 1 N–H and O–H groups in total. The van der Waals surface area contributed by atoms with Crippen molar-refractivity contribution in [2.24, 2.45) is 0 Å². The highest BCUT2D eigenvalue weighted by Crippen LogP contribution is 2.17. The lowest BCUT2D eigenvalue weighted by atomic mass is 9.95. The molecule has 4 heteroatoms. The van der Waals surface area contributed by atoms with E-state index in [-0.39, 0.29) is 30.3 Å². The Morgan fingerprint density at radius 3 is 2.39 bits per heavy atom. The van der Waals surface area contributed by atoms with Gasteiger partial charge in [0.05, 0.1) is 0 Å². The number of rotatable bonds is 6. The maximum atomic E-state index is 12.5. The Balaban J connectivity index is 1.88. The van der Waals surface area contributed by atoms with Crippen molar-refractivity contribution in [3.05, 3.63) is 35.9 Å². The molecule has 1 saturated carbocycles. The molecule has 0 radical (unpaired) electrons. The van der Waals surface area contributed by atoms with Gasteiger partial charge in [-0.25, -0.2) is 0 Å². The number of benzene rings is 1. The summed E-state index contributed by atoms with van der Waals surface area (Å²) >= 11 is 0. The van der Waals surface area contributed by atoms with Gasteiger partial charge in [-0.15, -0.1) is 0 Å². The summed E-state index contributed by atoms with van der Waals surface area (Å²) in [5.74, 6) is -0.238. The van der Waals surface area contributed by atoms with E-state index in [1.807, 2.05) is 44.2 Å². The van der Waals surface area contributed by atoms with Crippen LogP contribution in [0.3, 0.4) is 0 Å². The maximum absolute atomic E-state index is 12.5. The van der Waals surface area contributed by atoms with Crippen LogP contribution >= 0.6 is 0 Å². The van der Waals surface area contributed by atoms with Crippen LogP contribution in [0.25, 0.3) is 0 Å². The molecule has 126 valence electrons. The van der Waals surface area contributed by atoms with Gasteiger partial charge in [-0.1, -0.05) is 49.6 Å². The first kappa shape index (κ1) is 17.5. The van der Waals surface area contributed by atoms with Crippen molar-refractivity contribution in [3.8, 4) is 0 Å². The molecule has 0 saturated heterocycles. The van der Waals surface area contributed by atoms with Crippen molar-refractivity contribution < 1.29 is 9.59 Å². The van der Waals surface area contributed by atoms with Crippen molar-refractivity contribution in [3.63, 3.8) is 0 Å². The molecule has 2 amide bonds. The quantitative estimate of drug-likeness (QED) is 0.819. The lowest BCUT2D eigenvalue weighted by molar-refractivity contribution is -0.138. The molecule has 1 aliphatic rings. The molecule has 1 aromatic rings. The molecule has 4 nitrogen and oxygen atoms in total. The third kappa shape index (κ3) is 5.70. The predicted molar refractivity (Wildman–Crippen MR) is 91.8 cm³/mol. The highest BCUT2D eigenvalue weighted by molar-refractivity contribution is 5.97. The number of nitrogens with zero attached hydrogens (tertiary/aromatic N) is 1. The predicted octanol–water partition coefficient (Wildman–Crippen LogP) is 3.26. The smallest absolute Gasteiger partial charge is 0.232 e. The van der Waals surface area contributed by atoms with Gasteiger partial charge in [0, 0.05) is 18.6 Å². The number of amides is 2. The molecule has 0 unspecified atom stereocenters. The minimum atomic E-state index is -0.138. The normalized spacial score (nSPS) is 15.4. The molecule has 1 aromatic carbocycles. The highest BCUT2D eigenvalue weighted by atomic mass is 16.2. The van der Waals surface area contributed by atoms with E-state index in [2.05, 4.69) is 5.32 Å². The van der Waals surface area contributed by atoms with Gasteiger partial charge < -0.3 is 10.2 Å². The van der Waals surface area contributed by atoms with Crippen LogP contribution in [0.2, 0.25) is 0 Å². The minimum Gasteiger partial charge on any atom is -0.353 e. The van der Waals surface area contributed by atoms with E-state index >= 15 is 0 Å². The van der Waals surface area contributed by atoms with Crippen molar-refractivity contribution >= 4 is 11.8 Å². The fraction of sp³-hybridized carbons (Fsp3) is 0.579. The van der Waals surface area contributed by atoms with Gasteiger partial charge in [0.2, 0.25) is 11.8 Å². The molecule has 23 heavy (non-hydrogen) atoms. The van der Waals surface area contributed by atoms with Gasteiger partial charge in [0.1, 0.15) is 6.42 Å². The number of hydrogen-bond acceptors (Lipinski definition) is 2. The Hall–Kier alpha value is -1.84. The number of carbonyl (C=O) groups excluding carboxylic acids is 2. The topological polar surface area (TPSA) is 49.4 Å². The van der Waals surface area contributed by atoms with E-state index in [0.717, 1.165) is 18.4 Å². The zero-order chi connectivity index (χ0) is 16.7. The first-order chi connectivity index (χ1) is 11.1. The Morgan fingerprint density at radius 1 is 1.13 bits per heavy atom. The van der Waals surface area contributed by atoms with E-state index in [1.165, 1.54) is 19.3 Å². The summed E-state index contributed by atoms with van der Waals surface area (Å²) in [5.41, 5.74) is 1.09. The molecule has 1 aliphatic carbocycles. The Bertz CT molecular complexity index is 507. The molecular weight excluding hydrogens is 288 g/mol. The summed E-state index contributed by atoms with van der Waals surface area (Å²) < 4.78 is 0. The molecule has 0 spiro atoms. The second-order valence-corrected chi connectivity index (χ2v) is 6.68. The van der Waals surface area contributed by atoms with Crippen LogP contribution in [0.1, 0.15) is 57.9 Å². The van der Waals surface area contributed by atoms with E-state index < -0.39 is 0 Å². The van der Waals surface area contributed by atoms with E-state index in [4.69, 9.17) is 0 Å². The second-order valence-electron chi connectivity index (χ2n) is 6.68. The monoisotopic (exact) mass is 316 g/mol. The average molecular weight is 316 g/mol. The number of carbonyl (C=O) groups is 2. The summed E-state index contributed by atoms with van der Waals surface area (Å²) in [5, 5.41) is 3.02. The Kier molecular flexibility index (Phi) is 6.63. The summed E-state index contributed by atoms with van der Waals surface area (Å²) in [4.78, 5) is 26.4. The van der Waals surface area contributed by atoms with Crippen LogP contribution in [0.4, 0.5) is 0 Å². The van der Waals surface area contributed by atoms with Crippen LogP contribution in [0, 0.1) is 0 Å². The summed E-state index contributed by atoms with van der Waals surface area (Å²) in [7, 11) is 0. The molecule has 1 fully saturated rings. The molecule has 0 aliphatic heterocycles.